The summed E-state index contributed by atoms with van der Waals surface area (Å²) in [5.41, 5.74) is 4.99. The Hall–Kier alpha value is -3.39. The van der Waals surface area contributed by atoms with Crippen LogP contribution in [0.15, 0.2) is 35.3 Å². The maximum atomic E-state index is 12.8. The van der Waals surface area contributed by atoms with Crippen LogP contribution in [0.1, 0.15) is 42.6 Å². The molecule has 0 saturated carbocycles. The van der Waals surface area contributed by atoms with Gasteiger partial charge in [-0.1, -0.05) is 7.43 Å². The second-order valence-corrected chi connectivity index (χ2v) is 9.53. The first-order valence-corrected chi connectivity index (χ1v) is 12.1. The van der Waals surface area contributed by atoms with Crippen LogP contribution in [0.4, 0.5) is 32.2 Å². The second-order valence-electron chi connectivity index (χ2n) is 7.81. The average Bonchev–Trinajstić information content (AvgIpc) is 3.42. The Labute approximate surface area is 222 Å². The molecule has 6 nitrogen and oxygen atoms in total. The Kier molecular flexibility index (Phi) is 9.72. The lowest BCUT2D eigenvalue weighted by Crippen LogP contribution is -2.08. The number of Topliss-reactive ketones (excluding diaryl/α,β-unsaturated/α-hetero) is 1. The van der Waals surface area contributed by atoms with Gasteiger partial charge in [-0.2, -0.15) is 26.3 Å². The van der Waals surface area contributed by atoms with E-state index in [0.717, 1.165) is 12.1 Å². The molecule has 14 heteroatoms. The molecule has 204 valence electrons. The van der Waals surface area contributed by atoms with Gasteiger partial charge in [0.15, 0.2) is 0 Å². The number of alkyl halides is 6. The fourth-order valence-corrected chi connectivity index (χ4v) is 4.56. The van der Waals surface area contributed by atoms with Crippen molar-refractivity contribution in [3.63, 3.8) is 0 Å². The Bertz CT molecular complexity index is 1410. The third-order valence-corrected chi connectivity index (χ3v) is 6.63. The highest BCUT2D eigenvalue weighted by Gasteiger charge is 2.34. The number of anilines is 1. The van der Waals surface area contributed by atoms with Gasteiger partial charge < -0.3 is 5.73 Å². The van der Waals surface area contributed by atoms with Crippen LogP contribution in [0.25, 0.3) is 21.1 Å². The average molecular weight is 576 g/mol. The molecule has 0 amide bonds. The fraction of sp³-hybridized carbons (Fsp3) is 0.292. The number of thiazole rings is 2. The first-order valence-electron chi connectivity index (χ1n) is 10.4. The number of rotatable bonds is 4. The van der Waals surface area contributed by atoms with Crippen molar-refractivity contribution in [2.24, 2.45) is 0 Å². The van der Waals surface area contributed by atoms with Gasteiger partial charge in [0, 0.05) is 52.1 Å². The van der Waals surface area contributed by atoms with Gasteiger partial charge in [-0.15, -0.1) is 22.7 Å². The molecule has 0 spiro atoms. The van der Waals surface area contributed by atoms with Crippen molar-refractivity contribution >= 4 is 34.3 Å². The Morgan fingerprint density at radius 3 is 1.68 bits per heavy atom. The van der Waals surface area contributed by atoms with Crippen molar-refractivity contribution in [2.45, 2.75) is 47.0 Å². The topological polar surface area (TPSA) is 94.6 Å². The minimum Gasteiger partial charge on any atom is -0.383 e. The van der Waals surface area contributed by atoms with Crippen LogP contribution >= 0.6 is 22.7 Å². The first-order chi connectivity index (χ1) is 17.1. The number of hydrogen-bond acceptors (Lipinski definition) is 8. The van der Waals surface area contributed by atoms with Gasteiger partial charge in [0.05, 0.1) is 16.8 Å². The molecule has 4 rings (SSSR count). The van der Waals surface area contributed by atoms with Crippen molar-refractivity contribution < 1.29 is 31.1 Å². The number of hydrogen-bond donors (Lipinski definition) is 1. The summed E-state index contributed by atoms with van der Waals surface area (Å²) in [6, 6.07) is 2.08. The van der Waals surface area contributed by atoms with Crippen LogP contribution in [0.2, 0.25) is 0 Å². The van der Waals surface area contributed by atoms with Crippen molar-refractivity contribution in [1.82, 2.24) is 19.9 Å². The van der Waals surface area contributed by atoms with E-state index in [0.29, 0.717) is 32.7 Å². The van der Waals surface area contributed by atoms with Crippen molar-refractivity contribution in [3.8, 4) is 21.1 Å². The third kappa shape index (κ3) is 7.81. The zero-order valence-electron chi connectivity index (χ0n) is 19.5. The molecule has 2 N–H and O–H groups in total. The van der Waals surface area contributed by atoms with Crippen LogP contribution in [0, 0.1) is 13.8 Å². The summed E-state index contributed by atoms with van der Waals surface area (Å²) in [6.07, 6.45) is -5.94. The SMILES string of the molecule is C.CC(=O)Cc1csc(-c2cnc(C)c(C(F)(F)F)c2)n1.Cc1ncc(-c2nc(N)cs2)cc1C(F)(F)F. The molecule has 0 bridgehead atoms. The van der Waals surface area contributed by atoms with Gasteiger partial charge in [0.2, 0.25) is 0 Å². The minimum absolute atomic E-state index is 0. The molecule has 0 aliphatic carbocycles. The number of ketones is 1. The Morgan fingerprint density at radius 2 is 1.29 bits per heavy atom. The van der Waals surface area contributed by atoms with E-state index >= 15 is 0 Å². The van der Waals surface area contributed by atoms with Crippen LogP contribution in [-0.4, -0.2) is 25.7 Å². The normalized spacial score (nSPS) is 11.4. The van der Waals surface area contributed by atoms with Crippen molar-refractivity contribution in [1.29, 1.82) is 0 Å². The van der Waals surface area contributed by atoms with Crippen LogP contribution < -0.4 is 5.73 Å². The number of nitrogen functional groups attached to an aromatic ring is 1. The number of aromatic nitrogens is 4. The van der Waals surface area contributed by atoms with E-state index in [1.54, 1.807) is 10.8 Å². The summed E-state index contributed by atoms with van der Waals surface area (Å²) < 4.78 is 76.5. The molecule has 0 radical (unpaired) electrons. The highest BCUT2D eigenvalue weighted by Crippen LogP contribution is 2.35. The highest BCUT2D eigenvalue weighted by atomic mass is 32.1. The van der Waals surface area contributed by atoms with Gasteiger partial charge in [-0.25, -0.2) is 9.97 Å². The van der Waals surface area contributed by atoms with Gasteiger partial charge in [-0.05, 0) is 32.9 Å². The van der Waals surface area contributed by atoms with Gasteiger partial charge in [0.25, 0.3) is 0 Å². The lowest BCUT2D eigenvalue weighted by Gasteiger charge is -2.10. The summed E-state index contributed by atoms with van der Waals surface area (Å²) >= 11 is 2.38. The predicted molar refractivity (Wildman–Crippen MR) is 136 cm³/mol. The third-order valence-electron chi connectivity index (χ3n) is 4.78. The fourth-order valence-electron chi connectivity index (χ4n) is 3.07. The molecule has 0 aliphatic rings. The largest absolute Gasteiger partial charge is 0.418 e. The molecule has 0 saturated heterocycles. The summed E-state index contributed by atoms with van der Waals surface area (Å²) in [5, 5.41) is 4.10. The van der Waals surface area contributed by atoms with Gasteiger partial charge >= 0.3 is 12.4 Å². The molecular formula is C24H23F6N5OS2. The molecule has 0 aliphatic heterocycles. The molecule has 4 aromatic heterocycles. The van der Waals surface area contributed by atoms with E-state index in [4.69, 9.17) is 5.73 Å². The van der Waals surface area contributed by atoms with E-state index < -0.39 is 23.5 Å². The second kappa shape index (κ2) is 12.0. The highest BCUT2D eigenvalue weighted by molar-refractivity contribution is 7.13. The molecule has 0 aromatic carbocycles. The summed E-state index contributed by atoms with van der Waals surface area (Å²) in [6.45, 7) is 4.08. The Balaban J connectivity index is 0.000000263. The summed E-state index contributed by atoms with van der Waals surface area (Å²) in [4.78, 5) is 26.6. The number of carbonyl (C=O) groups excluding carboxylic acids is 1. The molecule has 0 fully saturated rings. The number of halogens is 6. The van der Waals surface area contributed by atoms with Crippen LogP contribution in [-0.2, 0) is 23.6 Å². The van der Waals surface area contributed by atoms with Gasteiger partial charge in [-0.3, -0.25) is 14.8 Å². The predicted octanol–water partition coefficient (Wildman–Crippen LogP) is 7.41. The summed E-state index contributed by atoms with van der Waals surface area (Å²) in [7, 11) is 0. The van der Waals surface area contributed by atoms with E-state index in [1.807, 2.05) is 0 Å². The minimum atomic E-state index is -4.44. The number of aryl methyl sites for hydroxylation is 2. The first kappa shape index (κ1) is 30.8. The monoisotopic (exact) mass is 575 g/mol. The lowest BCUT2D eigenvalue weighted by molar-refractivity contribution is -0.139. The number of nitrogens with zero attached hydrogens (tertiary/aromatic N) is 4. The number of pyridine rings is 2. The van der Waals surface area contributed by atoms with E-state index in [2.05, 4.69) is 19.9 Å². The quantitative estimate of drug-likeness (QED) is 0.255. The van der Waals surface area contributed by atoms with Crippen LogP contribution in [0.5, 0.6) is 0 Å². The Morgan fingerprint density at radius 1 is 0.842 bits per heavy atom. The standard InChI is InChI=1S/C13H11F3N2OS.C10H8F3N3S.CH4/c1-7(19)3-10-6-20-12(18-10)9-4-11(13(14,15)16)8(2)17-5-9;1-5-7(10(11,12)13)2-6(3-15-5)9-16-8(14)4-17-9;/h4-6H,3H2,1-2H3;2-4H,14H2,1H3;1H4. The smallest absolute Gasteiger partial charge is 0.383 e. The van der Waals surface area contributed by atoms with E-state index in [9.17, 15) is 31.1 Å². The molecular weight excluding hydrogens is 552 g/mol. The van der Waals surface area contributed by atoms with Crippen molar-refractivity contribution in [3.05, 3.63) is 63.5 Å². The van der Waals surface area contributed by atoms with Gasteiger partial charge in [0.1, 0.15) is 21.6 Å². The lowest BCUT2D eigenvalue weighted by atomic mass is 10.1. The molecule has 0 atom stereocenters. The van der Waals surface area contributed by atoms with E-state index in [1.165, 1.54) is 55.8 Å². The molecule has 38 heavy (non-hydrogen) atoms. The zero-order chi connectivity index (χ0) is 27.5. The number of nitrogens with two attached hydrogens (primary N) is 1. The number of carbonyl (C=O) groups is 1. The summed E-state index contributed by atoms with van der Waals surface area (Å²) in [5.74, 6) is 0.249. The maximum absolute atomic E-state index is 12.8. The van der Waals surface area contributed by atoms with Crippen molar-refractivity contribution in [2.75, 3.05) is 5.73 Å². The molecule has 0 unspecified atom stereocenters. The van der Waals surface area contributed by atoms with E-state index in [-0.39, 0.29) is 31.0 Å². The zero-order valence-corrected chi connectivity index (χ0v) is 21.2. The molecule has 4 heterocycles. The maximum Gasteiger partial charge on any atom is 0.418 e. The van der Waals surface area contributed by atoms with Crippen LogP contribution in [0.3, 0.4) is 0 Å². The molecule has 4 aromatic rings.